The first kappa shape index (κ1) is 26.2. The highest BCUT2D eigenvalue weighted by molar-refractivity contribution is 5.86. The number of hydrogen-bond donors (Lipinski definition) is 2. The zero-order valence-electron chi connectivity index (χ0n) is 17.9. The molecule has 5 rings (SSSR count). The van der Waals surface area contributed by atoms with E-state index in [1.165, 1.54) is 17.5 Å². The number of hydrogen-bond acceptors (Lipinski definition) is 4. The van der Waals surface area contributed by atoms with Gasteiger partial charge in [-0.3, -0.25) is 4.68 Å². The molecule has 0 spiro atoms. The van der Waals surface area contributed by atoms with E-state index in [4.69, 9.17) is 4.42 Å². The van der Waals surface area contributed by atoms with Crippen LogP contribution < -0.4 is 10.6 Å². The minimum atomic E-state index is 0. The number of aryl methyl sites for hydroxylation is 1. The third-order valence-electron chi connectivity index (χ3n) is 5.92. The lowest BCUT2D eigenvalue weighted by Crippen LogP contribution is -2.45. The van der Waals surface area contributed by atoms with Gasteiger partial charge in [-0.1, -0.05) is 30.3 Å². The Morgan fingerprint density at radius 3 is 2.66 bits per heavy atom. The van der Waals surface area contributed by atoms with Crippen LogP contribution in [0.1, 0.15) is 30.0 Å². The van der Waals surface area contributed by atoms with Crippen LogP contribution in [0.15, 0.2) is 71.5 Å². The first-order chi connectivity index (χ1) is 14.3. The first-order valence-electron chi connectivity index (χ1n) is 10.3. The third kappa shape index (κ3) is 5.30. The van der Waals surface area contributed by atoms with Gasteiger partial charge in [0.05, 0.1) is 12.0 Å². The van der Waals surface area contributed by atoms with Crippen molar-refractivity contribution in [1.82, 2.24) is 20.4 Å². The van der Waals surface area contributed by atoms with E-state index in [9.17, 15) is 0 Å². The van der Waals surface area contributed by atoms with Crippen LogP contribution in [-0.4, -0.2) is 22.4 Å². The summed E-state index contributed by atoms with van der Waals surface area (Å²) in [6, 6.07) is 19.9. The second kappa shape index (κ2) is 11.7. The standard InChI is InChI=1S/C24H26N4O.3ClH/c1-28-22(9-12-27-28)19-14-18-10-13-29-24(18)20(15-19)16-26-21-8-5-11-25-23(21)17-6-3-2-4-7-17;;;/h2-4,6-7,9-10,12-15,21,23,25-26H,5,8,11,16H2,1H3;3*1H/t21-,23-;;;/m0.../s1. The van der Waals surface area contributed by atoms with E-state index in [-0.39, 0.29) is 37.2 Å². The summed E-state index contributed by atoms with van der Waals surface area (Å²) in [7, 11) is 1.98. The first-order valence-corrected chi connectivity index (χ1v) is 10.3. The molecule has 1 saturated heterocycles. The van der Waals surface area contributed by atoms with E-state index in [0.717, 1.165) is 41.7 Å². The van der Waals surface area contributed by atoms with Gasteiger partial charge in [0.15, 0.2) is 0 Å². The summed E-state index contributed by atoms with van der Waals surface area (Å²) in [5, 5.41) is 13.0. The molecule has 4 aromatic rings. The average molecular weight is 496 g/mol. The Morgan fingerprint density at radius 2 is 1.91 bits per heavy atom. The lowest BCUT2D eigenvalue weighted by molar-refractivity contribution is 0.304. The molecule has 1 fully saturated rings. The van der Waals surface area contributed by atoms with E-state index in [1.54, 1.807) is 6.26 Å². The molecule has 2 aromatic heterocycles. The summed E-state index contributed by atoms with van der Waals surface area (Å²) in [6.07, 6.45) is 5.96. The van der Waals surface area contributed by atoms with Crippen molar-refractivity contribution in [2.45, 2.75) is 31.5 Å². The number of nitrogens with zero attached hydrogens (tertiary/aromatic N) is 2. The van der Waals surface area contributed by atoms with Gasteiger partial charge in [0.1, 0.15) is 5.58 Å². The van der Waals surface area contributed by atoms with Gasteiger partial charge in [-0.25, -0.2) is 0 Å². The molecule has 8 heteroatoms. The second-order valence-corrected chi connectivity index (χ2v) is 7.79. The third-order valence-corrected chi connectivity index (χ3v) is 5.92. The molecule has 0 saturated carbocycles. The monoisotopic (exact) mass is 494 g/mol. The van der Waals surface area contributed by atoms with Gasteiger partial charge in [0.25, 0.3) is 0 Å². The lowest BCUT2D eigenvalue weighted by atomic mass is 9.92. The quantitative estimate of drug-likeness (QED) is 0.374. The Labute approximate surface area is 207 Å². The van der Waals surface area contributed by atoms with Crippen molar-refractivity contribution < 1.29 is 4.42 Å². The van der Waals surface area contributed by atoms with Gasteiger partial charge < -0.3 is 15.1 Å². The average Bonchev–Trinajstić information content (AvgIpc) is 3.41. The van der Waals surface area contributed by atoms with Gasteiger partial charge in [-0.2, -0.15) is 5.10 Å². The van der Waals surface area contributed by atoms with Crippen molar-refractivity contribution in [2.75, 3.05) is 6.54 Å². The highest BCUT2D eigenvalue weighted by Gasteiger charge is 2.26. The van der Waals surface area contributed by atoms with Crippen molar-refractivity contribution in [3.8, 4) is 11.3 Å². The van der Waals surface area contributed by atoms with Gasteiger partial charge in [0, 0.05) is 48.4 Å². The largest absolute Gasteiger partial charge is 0.464 e. The van der Waals surface area contributed by atoms with Crippen molar-refractivity contribution in [2.24, 2.45) is 7.05 Å². The zero-order chi connectivity index (χ0) is 19.6. The molecule has 0 aliphatic carbocycles. The number of nitrogens with one attached hydrogen (secondary N) is 2. The molecule has 2 aromatic carbocycles. The van der Waals surface area contributed by atoms with Crippen LogP contribution in [0.3, 0.4) is 0 Å². The summed E-state index contributed by atoms with van der Waals surface area (Å²) in [5.74, 6) is 0. The Morgan fingerprint density at radius 1 is 1.09 bits per heavy atom. The van der Waals surface area contributed by atoms with Crippen LogP contribution in [-0.2, 0) is 13.6 Å². The number of aromatic nitrogens is 2. The van der Waals surface area contributed by atoms with Crippen LogP contribution in [0.5, 0.6) is 0 Å². The van der Waals surface area contributed by atoms with Crippen molar-refractivity contribution in [1.29, 1.82) is 0 Å². The number of benzene rings is 2. The number of fused-ring (bicyclic) bond motifs is 1. The SMILES string of the molecule is Cl.Cl.Cl.Cn1nccc1-c1cc(CN[C@H]2CCCN[C@H]2c2ccccc2)c2occc2c1. The lowest BCUT2D eigenvalue weighted by Gasteiger charge is -2.34. The fourth-order valence-corrected chi connectivity index (χ4v) is 4.45. The molecule has 0 bridgehead atoms. The predicted octanol–water partition coefficient (Wildman–Crippen LogP) is 5.68. The molecule has 3 heterocycles. The Kier molecular flexibility index (Phi) is 9.62. The summed E-state index contributed by atoms with van der Waals surface area (Å²) in [4.78, 5) is 0. The smallest absolute Gasteiger partial charge is 0.138 e. The molecule has 1 aliphatic heterocycles. The van der Waals surface area contributed by atoms with Crippen LogP contribution in [0, 0.1) is 0 Å². The minimum Gasteiger partial charge on any atom is -0.464 e. The maximum Gasteiger partial charge on any atom is 0.138 e. The highest BCUT2D eigenvalue weighted by atomic mass is 35.5. The van der Waals surface area contributed by atoms with Crippen molar-refractivity contribution in [3.63, 3.8) is 0 Å². The van der Waals surface area contributed by atoms with E-state index < -0.39 is 0 Å². The topological polar surface area (TPSA) is 55.0 Å². The number of halogens is 3. The maximum atomic E-state index is 5.82. The van der Waals surface area contributed by atoms with E-state index in [0.29, 0.717) is 12.1 Å². The van der Waals surface area contributed by atoms with E-state index in [1.807, 2.05) is 24.0 Å². The predicted molar refractivity (Wildman–Crippen MR) is 137 cm³/mol. The fourth-order valence-electron chi connectivity index (χ4n) is 4.45. The van der Waals surface area contributed by atoms with Gasteiger partial charge in [-0.15, -0.1) is 37.2 Å². The Hall–Kier alpha value is -2.02. The maximum absolute atomic E-state index is 5.82. The zero-order valence-corrected chi connectivity index (χ0v) is 20.3. The molecular weight excluding hydrogens is 467 g/mol. The van der Waals surface area contributed by atoms with Crippen LogP contribution >= 0.6 is 37.2 Å². The summed E-state index contributed by atoms with van der Waals surface area (Å²) >= 11 is 0. The molecule has 172 valence electrons. The number of piperidine rings is 1. The molecule has 5 nitrogen and oxygen atoms in total. The molecule has 2 N–H and O–H groups in total. The normalized spacial score (nSPS) is 17.8. The Bertz CT molecular complexity index is 1110. The molecule has 2 atom stereocenters. The molecule has 1 aliphatic rings. The second-order valence-electron chi connectivity index (χ2n) is 7.79. The van der Waals surface area contributed by atoms with E-state index in [2.05, 4.69) is 64.3 Å². The molecule has 0 radical (unpaired) electrons. The number of furan rings is 1. The van der Waals surface area contributed by atoms with Gasteiger partial charge >= 0.3 is 0 Å². The van der Waals surface area contributed by atoms with Crippen molar-refractivity contribution >= 4 is 48.2 Å². The van der Waals surface area contributed by atoms with Crippen LogP contribution in [0.4, 0.5) is 0 Å². The molecule has 0 amide bonds. The number of rotatable bonds is 5. The highest BCUT2D eigenvalue weighted by Crippen LogP contribution is 2.29. The van der Waals surface area contributed by atoms with Crippen LogP contribution in [0.2, 0.25) is 0 Å². The van der Waals surface area contributed by atoms with E-state index >= 15 is 0 Å². The molecular formula is C24H29Cl3N4O. The van der Waals surface area contributed by atoms with Crippen LogP contribution in [0.25, 0.3) is 22.2 Å². The summed E-state index contributed by atoms with van der Waals surface area (Å²) in [5.41, 5.74) is 5.76. The molecule has 0 unspecified atom stereocenters. The van der Waals surface area contributed by atoms with Crippen molar-refractivity contribution in [3.05, 3.63) is 78.2 Å². The Balaban J connectivity index is 0.00000121. The van der Waals surface area contributed by atoms with Gasteiger partial charge in [-0.05, 0) is 49.2 Å². The minimum absolute atomic E-state index is 0. The molecule has 32 heavy (non-hydrogen) atoms. The summed E-state index contributed by atoms with van der Waals surface area (Å²) < 4.78 is 7.74. The van der Waals surface area contributed by atoms with Gasteiger partial charge in [0.2, 0.25) is 0 Å². The summed E-state index contributed by atoms with van der Waals surface area (Å²) in [6.45, 7) is 1.83. The fraction of sp³-hybridized carbons (Fsp3) is 0.292.